The van der Waals surface area contributed by atoms with Gasteiger partial charge in [-0.3, -0.25) is 0 Å². The van der Waals surface area contributed by atoms with E-state index in [4.69, 9.17) is 10.5 Å². The Labute approximate surface area is 85.6 Å². The molecule has 0 saturated carbocycles. The molecule has 1 rings (SSSR count). The lowest BCUT2D eigenvalue weighted by atomic mass is 10.3. The van der Waals surface area contributed by atoms with Crippen molar-refractivity contribution in [3.05, 3.63) is 22.7 Å². The van der Waals surface area contributed by atoms with E-state index in [-0.39, 0.29) is 5.75 Å². The van der Waals surface area contributed by atoms with Crippen LogP contribution in [0.1, 0.15) is 6.42 Å². The van der Waals surface area contributed by atoms with E-state index in [0.29, 0.717) is 18.9 Å². The van der Waals surface area contributed by atoms with Gasteiger partial charge in [0.25, 0.3) is 0 Å². The van der Waals surface area contributed by atoms with E-state index in [2.05, 4.69) is 15.9 Å². The molecule has 0 heterocycles. The van der Waals surface area contributed by atoms with Crippen LogP contribution in [0.3, 0.4) is 0 Å². The van der Waals surface area contributed by atoms with Crippen molar-refractivity contribution in [3.63, 3.8) is 0 Å². The molecule has 3 N–H and O–H groups in total. The number of hydrogen-bond acceptors (Lipinski definition) is 3. The van der Waals surface area contributed by atoms with E-state index < -0.39 is 0 Å². The minimum absolute atomic E-state index is 0.145. The van der Waals surface area contributed by atoms with Crippen LogP contribution >= 0.6 is 15.9 Å². The molecule has 0 spiro atoms. The quantitative estimate of drug-likeness (QED) is 0.797. The van der Waals surface area contributed by atoms with Crippen LogP contribution in [0.15, 0.2) is 22.7 Å². The zero-order valence-electron chi connectivity index (χ0n) is 7.16. The Morgan fingerprint density at radius 3 is 2.85 bits per heavy atom. The lowest BCUT2D eigenvalue weighted by Gasteiger charge is -2.08. The summed E-state index contributed by atoms with van der Waals surface area (Å²) in [5, 5.41) is 9.40. The van der Waals surface area contributed by atoms with Crippen LogP contribution in [0.4, 0.5) is 0 Å². The van der Waals surface area contributed by atoms with Gasteiger partial charge in [-0.1, -0.05) is 6.07 Å². The zero-order chi connectivity index (χ0) is 9.68. The number of hydrogen-bond donors (Lipinski definition) is 2. The number of phenolic OH excluding ortho intramolecular Hbond substituents is 1. The molecule has 0 bridgehead atoms. The summed E-state index contributed by atoms with van der Waals surface area (Å²) in [5.74, 6) is 0.627. The fourth-order valence-corrected chi connectivity index (χ4v) is 1.37. The van der Waals surface area contributed by atoms with Crippen molar-refractivity contribution in [1.82, 2.24) is 0 Å². The van der Waals surface area contributed by atoms with Gasteiger partial charge in [0, 0.05) is 0 Å². The Kier molecular flexibility index (Phi) is 4.05. The number of rotatable bonds is 4. The van der Waals surface area contributed by atoms with Gasteiger partial charge < -0.3 is 15.6 Å². The van der Waals surface area contributed by atoms with Crippen molar-refractivity contribution >= 4 is 15.9 Å². The molecule has 0 atom stereocenters. The van der Waals surface area contributed by atoms with Crippen molar-refractivity contribution in [1.29, 1.82) is 0 Å². The lowest BCUT2D eigenvalue weighted by molar-refractivity contribution is 0.294. The number of para-hydroxylation sites is 1. The highest BCUT2D eigenvalue weighted by Gasteiger charge is 2.05. The van der Waals surface area contributed by atoms with Crippen LogP contribution in [0, 0.1) is 0 Å². The molecular formula is C9H12BrNO2. The van der Waals surface area contributed by atoms with Crippen LogP contribution in [-0.4, -0.2) is 18.3 Å². The minimum atomic E-state index is 0.145. The van der Waals surface area contributed by atoms with Crippen molar-refractivity contribution in [3.8, 4) is 11.5 Å². The maximum atomic E-state index is 9.40. The zero-order valence-corrected chi connectivity index (χ0v) is 8.75. The Hall–Kier alpha value is -0.740. The van der Waals surface area contributed by atoms with Gasteiger partial charge in [-0.15, -0.1) is 0 Å². The molecule has 0 aliphatic carbocycles. The number of aromatic hydroxyl groups is 1. The van der Waals surface area contributed by atoms with Crippen molar-refractivity contribution in [2.45, 2.75) is 6.42 Å². The molecule has 0 amide bonds. The first kappa shape index (κ1) is 10.3. The van der Waals surface area contributed by atoms with E-state index in [0.717, 1.165) is 10.9 Å². The van der Waals surface area contributed by atoms with Crippen LogP contribution in [0.5, 0.6) is 11.5 Å². The normalized spacial score (nSPS) is 10.0. The largest absolute Gasteiger partial charge is 0.504 e. The summed E-state index contributed by atoms with van der Waals surface area (Å²) in [6.07, 6.45) is 0.779. The SMILES string of the molecule is NCCCOc1c(O)cccc1Br. The highest BCUT2D eigenvalue weighted by Crippen LogP contribution is 2.33. The maximum Gasteiger partial charge on any atom is 0.175 e. The summed E-state index contributed by atoms with van der Waals surface area (Å²) in [4.78, 5) is 0. The second-order valence-electron chi connectivity index (χ2n) is 2.58. The molecule has 0 aliphatic heterocycles. The molecule has 72 valence electrons. The topological polar surface area (TPSA) is 55.5 Å². The maximum absolute atomic E-state index is 9.40. The number of benzene rings is 1. The molecule has 0 fully saturated rings. The molecule has 1 aromatic carbocycles. The second kappa shape index (κ2) is 5.09. The van der Waals surface area contributed by atoms with Gasteiger partial charge in [0.15, 0.2) is 11.5 Å². The number of ether oxygens (including phenoxy) is 1. The smallest absolute Gasteiger partial charge is 0.175 e. The Bertz CT molecular complexity index is 258. The van der Waals surface area contributed by atoms with Crippen molar-refractivity contribution in [2.75, 3.05) is 13.2 Å². The average Bonchev–Trinajstić information content (AvgIpc) is 2.10. The standard InChI is InChI=1S/C9H12BrNO2/c10-7-3-1-4-8(12)9(7)13-6-2-5-11/h1,3-4,12H,2,5-6,11H2. The van der Waals surface area contributed by atoms with Crippen molar-refractivity contribution < 1.29 is 9.84 Å². The lowest BCUT2D eigenvalue weighted by Crippen LogP contribution is -2.06. The highest BCUT2D eigenvalue weighted by atomic mass is 79.9. The number of phenols is 1. The molecular weight excluding hydrogens is 234 g/mol. The van der Waals surface area contributed by atoms with E-state index in [1.54, 1.807) is 12.1 Å². The Balaban J connectivity index is 2.64. The Morgan fingerprint density at radius 1 is 1.46 bits per heavy atom. The first-order valence-corrected chi connectivity index (χ1v) is 4.85. The molecule has 3 nitrogen and oxygen atoms in total. The molecule has 4 heteroatoms. The summed E-state index contributed by atoms with van der Waals surface area (Å²) in [7, 11) is 0. The molecule has 0 aromatic heterocycles. The number of halogens is 1. The van der Waals surface area contributed by atoms with Gasteiger partial charge in [0.2, 0.25) is 0 Å². The third-order valence-electron chi connectivity index (χ3n) is 1.54. The third-order valence-corrected chi connectivity index (χ3v) is 2.17. The van der Waals surface area contributed by atoms with Crippen LogP contribution in [0.25, 0.3) is 0 Å². The molecule has 0 saturated heterocycles. The molecule has 13 heavy (non-hydrogen) atoms. The average molecular weight is 246 g/mol. The first-order valence-electron chi connectivity index (χ1n) is 4.06. The third kappa shape index (κ3) is 2.90. The minimum Gasteiger partial charge on any atom is -0.504 e. The molecule has 1 aromatic rings. The van der Waals surface area contributed by atoms with Gasteiger partial charge in [-0.05, 0) is 41.0 Å². The van der Waals surface area contributed by atoms with Gasteiger partial charge in [0.05, 0.1) is 11.1 Å². The van der Waals surface area contributed by atoms with Crippen LogP contribution in [0.2, 0.25) is 0 Å². The Morgan fingerprint density at radius 2 is 2.23 bits per heavy atom. The first-order chi connectivity index (χ1) is 6.25. The summed E-state index contributed by atoms with van der Waals surface area (Å²) >= 11 is 3.28. The fourth-order valence-electron chi connectivity index (χ4n) is 0.898. The monoisotopic (exact) mass is 245 g/mol. The molecule has 0 radical (unpaired) electrons. The van der Waals surface area contributed by atoms with Gasteiger partial charge >= 0.3 is 0 Å². The van der Waals surface area contributed by atoms with Crippen LogP contribution < -0.4 is 10.5 Å². The number of nitrogens with two attached hydrogens (primary N) is 1. The van der Waals surface area contributed by atoms with Crippen molar-refractivity contribution in [2.24, 2.45) is 5.73 Å². The van der Waals surface area contributed by atoms with E-state index >= 15 is 0 Å². The van der Waals surface area contributed by atoms with E-state index in [1.165, 1.54) is 0 Å². The van der Waals surface area contributed by atoms with Gasteiger partial charge in [-0.25, -0.2) is 0 Å². The van der Waals surface area contributed by atoms with Gasteiger partial charge in [0.1, 0.15) is 0 Å². The molecule has 0 unspecified atom stereocenters. The van der Waals surface area contributed by atoms with E-state index in [9.17, 15) is 5.11 Å². The summed E-state index contributed by atoms with van der Waals surface area (Å²) in [5.41, 5.74) is 5.31. The second-order valence-corrected chi connectivity index (χ2v) is 3.43. The highest BCUT2D eigenvalue weighted by molar-refractivity contribution is 9.10. The summed E-state index contributed by atoms with van der Waals surface area (Å²) < 4.78 is 6.09. The predicted octanol–water partition coefficient (Wildman–Crippen LogP) is 1.88. The van der Waals surface area contributed by atoms with E-state index in [1.807, 2.05) is 6.07 Å². The molecule has 0 aliphatic rings. The van der Waals surface area contributed by atoms with Gasteiger partial charge in [-0.2, -0.15) is 0 Å². The summed E-state index contributed by atoms with van der Waals surface area (Å²) in [6, 6.07) is 5.15. The predicted molar refractivity (Wildman–Crippen MR) is 55.0 cm³/mol. The fraction of sp³-hybridized carbons (Fsp3) is 0.333. The summed E-state index contributed by atoms with van der Waals surface area (Å²) in [6.45, 7) is 1.11. The van der Waals surface area contributed by atoms with Crippen LogP contribution in [-0.2, 0) is 0 Å².